The number of hydrogen-bond donors (Lipinski definition) is 1. The van der Waals surface area contributed by atoms with Crippen LogP contribution in [0.15, 0.2) is 12.3 Å². The summed E-state index contributed by atoms with van der Waals surface area (Å²) in [5, 5.41) is 3.27. The average molecular weight is 253 g/mol. The number of carbonyl (C=O) groups excluding carboxylic acids is 1. The molecule has 0 aliphatic heterocycles. The predicted molar refractivity (Wildman–Crippen MR) is 66.0 cm³/mol. The number of pyridine rings is 1. The van der Waals surface area contributed by atoms with Crippen molar-refractivity contribution in [3.63, 3.8) is 0 Å². The fraction of sp³-hybridized carbons (Fsp3) is 0.333. The first-order valence-corrected chi connectivity index (χ1v) is 5.44. The van der Waals surface area contributed by atoms with E-state index in [4.69, 9.17) is 11.6 Å². The third-order valence-corrected chi connectivity index (χ3v) is 2.28. The zero-order valence-corrected chi connectivity index (χ0v) is 10.5. The molecule has 0 aliphatic carbocycles. The molecule has 4 nitrogen and oxygen atoms in total. The number of rotatable bonds is 3. The lowest BCUT2D eigenvalue weighted by atomic mass is 10.2. The highest BCUT2D eigenvalue weighted by molar-refractivity contribution is 6.30. The Hall–Kier alpha value is -1.57. The molecule has 0 saturated carbocycles. The van der Waals surface area contributed by atoms with Crippen molar-refractivity contribution in [2.24, 2.45) is 0 Å². The van der Waals surface area contributed by atoms with Gasteiger partial charge in [-0.15, -0.1) is 0 Å². The first kappa shape index (κ1) is 13.5. The van der Waals surface area contributed by atoms with E-state index >= 15 is 0 Å². The number of nitrogens with zero attached hydrogens (tertiary/aromatic N) is 1. The number of ether oxygens (including phenoxy) is 1. The zero-order chi connectivity index (χ0) is 12.7. The fourth-order valence-corrected chi connectivity index (χ4v) is 1.26. The van der Waals surface area contributed by atoms with E-state index in [0.717, 1.165) is 6.54 Å². The first-order chi connectivity index (χ1) is 8.19. The molecular weight excluding hydrogens is 240 g/mol. The Balaban J connectivity index is 2.89. The van der Waals surface area contributed by atoms with Crippen molar-refractivity contribution in [3.8, 4) is 11.8 Å². The highest BCUT2D eigenvalue weighted by Gasteiger charge is 2.08. The van der Waals surface area contributed by atoms with Crippen LogP contribution in [-0.4, -0.2) is 31.7 Å². The van der Waals surface area contributed by atoms with Gasteiger partial charge in [-0.25, -0.2) is 9.78 Å². The molecule has 0 saturated heterocycles. The lowest BCUT2D eigenvalue weighted by Gasteiger charge is -2.00. The molecule has 90 valence electrons. The van der Waals surface area contributed by atoms with Gasteiger partial charge < -0.3 is 10.1 Å². The third-order valence-electron chi connectivity index (χ3n) is 1.98. The number of nitrogens with one attached hydrogen (secondary N) is 1. The molecule has 0 aromatic carbocycles. The molecule has 0 fully saturated rings. The van der Waals surface area contributed by atoms with Crippen LogP contribution in [-0.2, 0) is 4.74 Å². The zero-order valence-electron chi connectivity index (χ0n) is 9.71. The van der Waals surface area contributed by atoms with Crippen molar-refractivity contribution >= 4 is 17.6 Å². The monoisotopic (exact) mass is 252 g/mol. The topological polar surface area (TPSA) is 51.2 Å². The maximum Gasteiger partial charge on any atom is 0.339 e. The molecule has 0 unspecified atom stereocenters. The highest BCUT2D eigenvalue weighted by Crippen LogP contribution is 2.13. The second-order valence-corrected chi connectivity index (χ2v) is 3.57. The largest absolute Gasteiger partial charge is 0.465 e. The number of hydrogen-bond acceptors (Lipinski definition) is 4. The lowest BCUT2D eigenvalue weighted by Crippen LogP contribution is -2.06. The summed E-state index contributed by atoms with van der Waals surface area (Å²) in [6.07, 6.45) is 2.07. The summed E-state index contributed by atoms with van der Waals surface area (Å²) < 4.78 is 4.59. The van der Waals surface area contributed by atoms with Gasteiger partial charge in [0.2, 0.25) is 0 Å². The molecule has 1 aromatic rings. The minimum absolute atomic E-state index is 0.287. The molecule has 1 heterocycles. The fourth-order valence-electron chi connectivity index (χ4n) is 1.11. The van der Waals surface area contributed by atoms with E-state index in [1.807, 2.05) is 7.05 Å². The van der Waals surface area contributed by atoms with Gasteiger partial charge in [-0.2, -0.15) is 0 Å². The van der Waals surface area contributed by atoms with Crippen LogP contribution in [0.3, 0.4) is 0 Å². The van der Waals surface area contributed by atoms with E-state index in [9.17, 15) is 4.79 Å². The van der Waals surface area contributed by atoms with Gasteiger partial charge in [0.25, 0.3) is 0 Å². The van der Waals surface area contributed by atoms with Crippen LogP contribution >= 0.6 is 11.6 Å². The third kappa shape index (κ3) is 4.06. The van der Waals surface area contributed by atoms with E-state index in [2.05, 4.69) is 26.9 Å². The van der Waals surface area contributed by atoms with Gasteiger partial charge in [0.15, 0.2) is 0 Å². The van der Waals surface area contributed by atoms with Crippen molar-refractivity contribution < 1.29 is 9.53 Å². The van der Waals surface area contributed by atoms with Crippen LogP contribution in [0.2, 0.25) is 5.15 Å². The molecule has 0 atom stereocenters. The van der Waals surface area contributed by atoms with E-state index in [1.165, 1.54) is 13.3 Å². The van der Waals surface area contributed by atoms with E-state index in [1.54, 1.807) is 6.07 Å². The van der Waals surface area contributed by atoms with Crippen molar-refractivity contribution in [1.82, 2.24) is 10.3 Å². The molecule has 0 radical (unpaired) electrons. The second-order valence-electron chi connectivity index (χ2n) is 3.21. The second kappa shape index (κ2) is 6.89. The maximum atomic E-state index is 11.3. The molecule has 1 aromatic heterocycles. The Kier molecular flexibility index (Phi) is 5.47. The summed E-state index contributed by atoms with van der Waals surface area (Å²) in [4.78, 5) is 15.2. The first-order valence-electron chi connectivity index (χ1n) is 5.06. The SMILES string of the molecule is CNCCC#Cc1cc(C(=O)OC)cnc1Cl. The summed E-state index contributed by atoms with van der Waals surface area (Å²) in [7, 11) is 3.17. The van der Waals surface area contributed by atoms with Crippen molar-refractivity contribution in [1.29, 1.82) is 0 Å². The summed E-state index contributed by atoms with van der Waals surface area (Å²) in [5.41, 5.74) is 0.875. The van der Waals surface area contributed by atoms with Crippen LogP contribution in [0.1, 0.15) is 22.3 Å². The Morgan fingerprint density at radius 3 is 3.06 bits per heavy atom. The number of halogens is 1. The smallest absolute Gasteiger partial charge is 0.339 e. The summed E-state index contributed by atoms with van der Waals surface area (Å²) in [6.45, 7) is 0.800. The molecular formula is C12H13ClN2O2. The molecule has 0 bridgehead atoms. The summed E-state index contributed by atoms with van der Waals surface area (Å²) in [6, 6.07) is 1.58. The molecule has 0 spiro atoms. The Bertz CT molecular complexity index is 463. The molecule has 0 aliphatic rings. The van der Waals surface area contributed by atoms with Crippen LogP contribution in [0.4, 0.5) is 0 Å². The number of aromatic nitrogens is 1. The van der Waals surface area contributed by atoms with E-state index in [0.29, 0.717) is 17.5 Å². The number of carbonyl (C=O) groups is 1. The Morgan fingerprint density at radius 1 is 1.65 bits per heavy atom. The van der Waals surface area contributed by atoms with Crippen molar-refractivity contribution in [2.75, 3.05) is 20.7 Å². The molecule has 0 amide bonds. The Labute approximate surface area is 105 Å². The van der Waals surface area contributed by atoms with Gasteiger partial charge in [0.1, 0.15) is 5.15 Å². The molecule has 17 heavy (non-hydrogen) atoms. The van der Waals surface area contributed by atoms with E-state index in [-0.39, 0.29) is 5.15 Å². The average Bonchev–Trinajstić information content (AvgIpc) is 2.35. The van der Waals surface area contributed by atoms with Crippen molar-refractivity contribution in [3.05, 3.63) is 28.5 Å². The van der Waals surface area contributed by atoms with Crippen LogP contribution in [0, 0.1) is 11.8 Å². The summed E-state index contributed by atoms with van der Waals surface area (Å²) >= 11 is 5.88. The molecule has 5 heteroatoms. The Morgan fingerprint density at radius 2 is 2.41 bits per heavy atom. The standard InChI is InChI=1S/C12H13ClN2O2/c1-14-6-4-3-5-9-7-10(12(16)17-2)8-15-11(9)13/h7-8,14H,4,6H2,1-2H3. The minimum atomic E-state index is -0.451. The van der Waals surface area contributed by atoms with Gasteiger partial charge in [-0.3, -0.25) is 0 Å². The predicted octanol–water partition coefficient (Wildman–Crippen LogP) is 1.48. The lowest BCUT2D eigenvalue weighted by molar-refractivity contribution is 0.0600. The van der Waals surface area contributed by atoms with Crippen LogP contribution < -0.4 is 5.32 Å². The van der Waals surface area contributed by atoms with Gasteiger partial charge in [-0.05, 0) is 13.1 Å². The van der Waals surface area contributed by atoms with Crippen LogP contribution in [0.5, 0.6) is 0 Å². The highest BCUT2D eigenvalue weighted by atomic mass is 35.5. The molecule has 1 rings (SSSR count). The maximum absolute atomic E-state index is 11.3. The quantitative estimate of drug-likeness (QED) is 0.383. The van der Waals surface area contributed by atoms with Gasteiger partial charge in [0, 0.05) is 19.2 Å². The molecule has 1 N–H and O–H groups in total. The number of esters is 1. The van der Waals surface area contributed by atoms with Crippen molar-refractivity contribution in [2.45, 2.75) is 6.42 Å². The van der Waals surface area contributed by atoms with E-state index < -0.39 is 5.97 Å². The summed E-state index contributed by atoms with van der Waals surface area (Å²) in [5.74, 6) is 5.36. The minimum Gasteiger partial charge on any atom is -0.465 e. The van der Waals surface area contributed by atoms with Gasteiger partial charge in [-0.1, -0.05) is 23.4 Å². The van der Waals surface area contributed by atoms with Gasteiger partial charge in [0.05, 0.1) is 18.2 Å². The number of methoxy groups -OCH3 is 1. The van der Waals surface area contributed by atoms with Crippen LogP contribution in [0.25, 0.3) is 0 Å². The van der Waals surface area contributed by atoms with Gasteiger partial charge >= 0.3 is 5.97 Å². The normalized spacial score (nSPS) is 9.35.